The van der Waals surface area contributed by atoms with Crippen molar-refractivity contribution in [1.29, 1.82) is 0 Å². The van der Waals surface area contributed by atoms with Crippen LogP contribution in [0, 0.1) is 0 Å². The molecule has 0 saturated carbocycles. The summed E-state index contributed by atoms with van der Waals surface area (Å²) in [7, 11) is 0. The lowest BCUT2D eigenvalue weighted by Gasteiger charge is -2.09. The van der Waals surface area contributed by atoms with Gasteiger partial charge in [0.25, 0.3) is 11.5 Å². The Morgan fingerprint density at radius 3 is 2.44 bits per heavy atom. The Balaban J connectivity index is 2.75. The highest BCUT2D eigenvalue weighted by atomic mass is 32.2. The lowest BCUT2D eigenvalue weighted by atomic mass is 10.5. The van der Waals surface area contributed by atoms with E-state index in [2.05, 4.69) is 6.58 Å². The second-order valence-corrected chi connectivity index (χ2v) is 6.35. The molecule has 0 aromatic carbocycles. The summed E-state index contributed by atoms with van der Waals surface area (Å²) in [6.07, 6.45) is 0. The summed E-state index contributed by atoms with van der Waals surface area (Å²) < 4.78 is 3.25. The van der Waals surface area contributed by atoms with Crippen LogP contribution in [-0.2, 0) is 11.3 Å². The predicted octanol–water partition coefficient (Wildman–Crippen LogP) is 0.328. The number of thioether (sulfide) groups is 1. The minimum atomic E-state index is -0.126. The molecule has 7 heteroatoms. The summed E-state index contributed by atoms with van der Waals surface area (Å²) in [5.41, 5.74) is -0.126. The van der Waals surface area contributed by atoms with Crippen LogP contribution in [-0.4, -0.2) is 26.2 Å². The summed E-state index contributed by atoms with van der Waals surface area (Å²) in [6.45, 7) is 8.53. The third kappa shape index (κ3) is 1.96. The third-order valence-corrected chi connectivity index (χ3v) is 5.23. The number of rotatable bonds is 2. The van der Waals surface area contributed by atoms with E-state index in [1.165, 1.54) is 23.1 Å². The molecule has 18 heavy (non-hydrogen) atoms. The van der Waals surface area contributed by atoms with Crippen LogP contribution in [0.4, 0.5) is 0 Å². The van der Waals surface area contributed by atoms with Gasteiger partial charge < -0.3 is 0 Å². The molecule has 1 aromatic heterocycles. The van der Waals surface area contributed by atoms with Crippen LogP contribution in [0.25, 0.3) is 11.5 Å². The average molecular weight is 300 g/mol. The van der Waals surface area contributed by atoms with Crippen molar-refractivity contribution in [2.45, 2.75) is 20.4 Å². The standard InChI is InChI=1S/C11H12N2O2S3/c1-4-12-8(14)6(3)17-10(12)7-9(15)13(5-2)11(16)18-7/h3-5H2,1-2H3. The summed E-state index contributed by atoms with van der Waals surface area (Å²) in [5.74, 6) is -0.115. The van der Waals surface area contributed by atoms with E-state index < -0.39 is 0 Å². The summed E-state index contributed by atoms with van der Waals surface area (Å²) in [4.78, 5) is 26.1. The molecule has 1 fully saturated rings. The fourth-order valence-corrected chi connectivity index (χ4v) is 4.25. The fraction of sp³-hybridized carbons (Fsp3) is 0.364. The number of thiazole rings is 1. The van der Waals surface area contributed by atoms with Gasteiger partial charge in [-0.3, -0.25) is 19.1 Å². The SMILES string of the molecule is C=c1sc(=C2SC(=S)N(CC)C2=O)n(CC)c1=O. The quantitative estimate of drug-likeness (QED) is 0.738. The Hall–Kier alpha value is -0.920. The molecule has 0 unspecified atom stereocenters. The van der Waals surface area contributed by atoms with E-state index in [-0.39, 0.29) is 11.5 Å². The zero-order valence-corrected chi connectivity index (χ0v) is 12.5. The van der Waals surface area contributed by atoms with Gasteiger partial charge in [0.1, 0.15) is 13.9 Å². The van der Waals surface area contributed by atoms with Crippen molar-refractivity contribution in [1.82, 2.24) is 9.47 Å². The van der Waals surface area contributed by atoms with Gasteiger partial charge in [-0.1, -0.05) is 30.6 Å². The molecule has 1 amide bonds. The van der Waals surface area contributed by atoms with Crippen molar-refractivity contribution in [2.24, 2.45) is 0 Å². The number of hydrogen-bond donors (Lipinski definition) is 0. The molecular weight excluding hydrogens is 288 g/mol. The van der Waals surface area contributed by atoms with E-state index in [1.54, 1.807) is 9.47 Å². The molecule has 1 aliphatic heterocycles. The molecular formula is C11H12N2O2S3. The monoisotopic (exact) mass is 300 g/mol. The molecule has 2 rings (SSSR count). The Morgan fingerprint density at radius 2 is 1.94 bits per heavy atom. The van der Waals surface area contributed by atoms with Crippen LogP contribution < -0.4 is 14.8 Å². The molecule has 0 aliphatic carbocycles. The Kier molecular flexibility index (Phi) is 3.74. The maximum atomic E-state index is 12.2. The van der Waals surface area contributed by atoms with Crippen molar-refractivity contribution in [3.05, 3.63) is 19.5 Å². The number of amides is 1. The van der Waals surface area contributed by atoms with Gasteiger partial charge in [-0.25, -0.2) is 0 Å². The molecule has 96 valence electrons. The van der Waals surface area contributed by atoms with Gasteiger partial charge in [0, 0.05) is 13.1 Å². The van der Waals surface area contributed by atoms with E-state index in [9.17, 15) is 9.59 Å². The van der Waals surface area contributed by atoms with E-state index in [0.717, 1.165) is 0 Å². The third-order valence-electron chi connectivity index (χ3n) is 2.62. The smallest absolute Gasteiger partial charge is 0.269 e. The number of thiocarbonyl (C=S) groups is 1. The maximum absolute atomic E-state index is 12.2. The molecule has 4 nitrogen and oxygen atoms in total. The van der Waals surface area contributed by atoms with Crippen molar-refractivity contribution in [3.8, 4) is 0 Å². The predicted molar refractivity (Wildman–Crippen MR) is 80.0 cm³/mol. The summed E-state index contributed by atoms with van der Waals surface area (Å²) >= 11 is 7.68. The first-order valence-corrected chi connectivity index (χ1v) is 7.51. The van der Waals surface area contributed by atoms with Crippen LogP contribution in [0.2, 0.25) is 0 Å². The number of carbonyl (C=O) groups is 1. The topological polar surface area (TPSA) is 42.3 Å². The van der Waals surface area contributed by atoms with Crippen LogP contribution >= 0.6 is 35.3 Å². The van der Waals surface area contributed by atoms with Crippen molar-refractivity contribution < 1.29 is 4.79 Å². The molecule has 2 heterocycles. The van der Waals surface area contributed by atoms with Crippen LogP contribution in [0.5, 0.6) is 0 Å². The molecule has 0 bridgehead atoms. The van der Waals surface area contributed by atoms with Crippen LogP contribution in [0.15, 0.2) is 4.79 Å². The largest absolute Gasteiger partial charge is 0.298 e. The van der Waals surface area contributed by atoms with Crippen LogP contribution in [0.3, 0.4) is 0 Å². The van der Waals surface area contributed by atoms with Gasteiger partial charge in [0.05, 0.1) is 4.53 Å². The maximum Gasteiger partial charge on any atom is 0.269 e. The molecule has 0 N–H and O–H groups in total. The number of nitrogens with zero attached hydrogens (tertiary/aromatic N) is 2. The van der Waals surface area contributed by atoms with Gasteiger partial charge in [-0.2, -0.15) is 0 Å². The lowest BCUT2D eigenvalue weighted by Crippen LogP contribution is -2.32. The molecule has 0 radical (unpaired) electrons. The summed E-state index contributed by atoms with van der Waals surface area (Å²) in [6, 6.07) is 0. The fourth-order valence-electron chi connectivity index (χ4n) is 1.71. The molecule has 1 aliphatic rings. The minimum absolute atomic E-state index is 0.115. The van der Waals surface area contributed by atoms with Gasteiger partial charge >= 0.3 is 0 Å². The average Bonchev–Trinajstić information content (AvgIpc) is 2.78. The van der Waals surface area contributed by atoms with E-state index in [4.69, 9.17) is 12.2 Å². The summed E-state index contributed by atoms with van der Waals surface area (Å²) in [5, 5.41) is 0. The zero-order chi connectivity index (χ0) is 13.4. The second kappa shape index (κ2) is 4.99. The van der Waals surface area contributed by atoms with E-state index in [0.29, 0.717) is 31.5 Å². The highest BCUT2D eigenvalue weighted by Gasteiger charge is 2.32. The normalized spacial score (nSPS) is 18.9. The number of aromatic nitrogens is 1. The zero-order valence-electron chi connectivity index (χ0n) is 10.1. The number of hydrogen-bond acceptors (Lipinski definition) is 5. The lowest BCUT2D eigenvalue weighted by molar-refractivity contribution is -0.120. The molecule has 0 spiro atoms. The molecule has 1 saturated heterocycles. The first-order valence-electron chi connectivity index (χ1n) is 5.47. The molecule has 0 atom stereocenters. The number of carbonyl (C=O) groups excluding carboxylic acids is 1. The van der Waals surface area contributed by atoms with E-state index >= 15 is 0 Å². The van der Waals surface area contributed by atoms with Crippen molar-refractivity contribution in [2.75, 3.05) is 6.54 Å². The molecule has 1 aromatic rings. The highest BCUT2D eigenvalue weighted by molar-refractivity contribution is 8.30. The second-order valence-electron chi connectivity index (χ2n) is 3.63. The minimum Gasteiger partial charge on any atom is -0.298 e. The van der Waals surface area contributed by atoms with Crippen molar-refractivity contribution in [3.63, 3.8) is 0 Å². The van der Waals surface area contributed by atoms with Gasteiger partial charge in [0.15, 0.2) is 0 Å². The Morgan fingerprint density at radius 1 is 1.28 bits per heavy atom. The Bertz CT molecular complexity index is 686. The first-order chi connectivity index (χ1) is 8.51. The van der Waals surface area contributed by atoms with Crippen LogP contribution in [0.1, 0.15) is 13.8 Å². The first kappa shape index (κ1) is 13.5. The van der Waals surface area contributed by atoms with Gasteiger partial charge in [-0.15, -0.1) is 11.3 Å². The van der Waals surface area contributed by atoms with Crippen molar-refractivity contribution >= 4 is 57.0 Å². The Labute approximate surface area is 118 Å². The van der Waals surface area contributed by atoms with E-state index in [1.807, 2.05) is 13.8 Å². The van der Waals surface area contributed by atoms with Gasteiger partial charge in [-0.05, 0) is 13.8 Å². The van der Waals surface area contributed by atoms with Gasteiger partial charge in [0.2, 0.25) is 0 Å². The highest BCUT2D eigenvalue weighted by Crippen LogP contribution is 2.30.